The Hall–Kier alpha value is -3.26. The first-order valence-electron chi connectivity index (χ1n) is 21.8. The molecule has 1 heterocycles. The van der Waals surface area contributed by atoms with Crippen molar-refractivity contribution >= 4 is 57.0 Å². The van der Waals surface area contributed by atoms with Gasteiger partial charge in [0, 0.05) is 50.1 Å². The van der Waals surface area contributed by atoms with E-state index in [1.54, 1.807) is 0 Å². The first-order valence-corrected chi connectivity index (χ1v) is 28.4. The highest BCUT2D eigenvalue weighted by Crippen LogP contribution is 2.30. The van der Waals surface area contributed by atoms with Crippen LogP contribution in [0.2, 0.25) is 0 Å². The van der Waals surface area contributed by atoms with Crippen molar-refractivity contribution in [2.45, 2.75) is 189 Å². The molecule has 0 aliphatic heterocycles. The monoisotopic (exact) mass is 1170 g/mol. The van der Waals surface area contributed by atoms with Crippen molar-refractivity contribution < 1.29 is 110 Å². The summed E-state index contributed by atoms with van der Waals surface area (Å²) in [4.78, 5) is 33.7. The maximum Gasteiger partial charge on any atom is 0.389 e. The molecule has 0 bridgehead atoms. The molecule has 0 atom stereocenters. The van der Waals surface area contributed by atoms with Crippen LogP contribution in [0.25, 0.3) is 0 Å². The van der Waals surface area contributed by atoms with E-state index in [0.29, 0.717) is 5.69 Å². The summed E-state index contributed by atoms with van der Waals surface area (Å²) in [5, 5.41) is 12.5. The number of carboxylic acids is 1. The lowest BCUT2D eigenvalue weighted by Gasteiger charge is -2.24. The molecule has 16 nitrogen and oxygen atoms in total. The molecule has 0 unspecified atom stereocenters. The molecule has 0 saturated carbocycles. The summed E-state index contributed by atoms with van der Waals surface area (Å²) in [6.07, 6.45) is -24.3. The van der Waals surface area contributed by atoms with Crippen molar-refractivity contribution in [2.75, 3.05) is 29.6 Å². The molecular weight excluding hydrogens is 1100 g/mol. The van der Waals surface area contributed by atoms with E-state index in [1.165, 1.54) is 33.8 Å². The van der Waals surface area contributed by atoms with Crippen LogP contribution in [0.4, 0.5) is 52.7 Å². The second kappa shape index (κ2) is 27.2. The molecule has 1 rings (SSSR count). The lowest BCUT2D eigenvalue weighted by atomic mass is 9.92. The van der Waals surface area contributed by atoms with Gasteiger partial charge in [0.2, 0.25) is 17.5 Å². The van der Waals surface area contributed by atoms with E-state index in [1.807, 2.05) is 20.8 Å². The molecule has 1 aromatic rings. The van der Waals surface area contributed by atoms with Crippen molar-refractivity contribution in [2.24, 2.45) is 11.5 Å². The number of nitrogens with two attached hydrogens (primary N) is 2. The number of Topliss-reactive ketones (excluding diaryl/α,β-unsaturated/α-hetero) is 1. The molecule has 73 heavy (non-hydrogen) atoms. The topological polar surface area (TPSA) is 286 Å². The van der Waals surface area contributed by atoms with Crippen LogP contribution in [-0.4, -0.2) is 135 Å². The van der Waals surface area contributed by atoms with Crippen LogP contribution in [0, 0.1) is 0 Å². The Bertz CT molecular complexity index is 2310. The summed E-state index contributed by atoms with van der Waals surface area (Å²) < 4.78 is 235. The van der Waals surface area contributed by atoms with Crippen molar-refractivity contribution in [3.05, 3.63) is 17.5 Å². The molecule has 0 aliphatic carbocycles. The minimum Gasteiger partial charge on any atom is -0.480 e. The number of carbonyl (C=O) groups excluding carboxylic acids is 2. The summed E-state index contributed by atoms with van der Waals surface area (Å²) in [7, 11) is -15.4. The van der Waals surface area contributed by atoms with Gasteiger partial charge in [0.05, 0.1) is 38.2 Å². The third-order valence-electron chi connectivity index (χ3n) is 10.8. The minimum atomic E-state index is -4.43. The normalized spacial score (nSPS) is 13.9. The van der Waals surface area contributed by atoms with Crippen LogP contribution in [0.1, 0.15) is 157 Å². The highest BCUT2D eigenvalue weighted by molar-refractivity contribution is 7.94. The predicted molar refractivity (Wildman–Crippen MR) is 247 cm³/mol. The van der Waals surface area contributed by atoms with Crippen LogP contribution in [0.5, 0.6) is 0 Å². The van der Waals surface area contributed by atoms with Crippen molar-refractivity contribution in [1.82, 2.24) is 5.16 Å². The second-order valence-electron chi connectivity index (χ2n) is 19.8. The predicted octanol–water partition coefficient (Wildman–Crippen LogP) is 8.57. The van der Waals surface area contributed by atoms with Crippen LogP contribution < -0.4 is 11.5 Å². The molecule has 0 aliphatic rings. The zero-order valence-electron chi connectivity index (χ0n) is 42.3. The molecule has 434 valence electrons. The second-order valence-corrected chi connectivity index (χ2v) is 30.6. The van der Waals surface area contributed by atoms with E-state index in [0.717, 1.165) is 27.7 Å². The summed E-state index contributed by atoms with van der Waals surface area (Å²) >= 11 is 0. The van der Waals surface area contributed by atoms with Crippen molar-refractivity contribution in [1.29, 1.82) is 0 Å². The molecule has 0 aromatic carbocycles. The number of amides is 1. The van der Waals surface area contributed by atoms with Gasteiger partial charge in [-0.3, -0.25) is 14.4 Å². The highest BCUT2D eigenvalue weighted by atomic mass is 32.2. The number of carboxylic acid groups (broad SMARTS) is 1. The van der Waals surface area contributed by atoms with E-state index < -0.39 is 169 Å². The number of rotatable bonds is 23. The van der Waals surface area contributed by atoms with Gasteiger partial charge in [-0.25, -0.2) is 33.7 Å². The number of nitrogens with zero attached hydrogens (tertiary/aromatic N) is 1. The van der Waals surface area contributed by atoms with Gasteiger partial charge in [-0.15, -0.1) is 0 Å². The molecule has 0 saturated heterocycles. The van der Waals surface area contributed by atoms with Gasteiger partial charge >= 0.3 is 30.7 Å². The standard InChI is InChI=1S/C17H26F3NO4S.C8H14F3NO3S.C8H16F3NO2S.C8H13F3O4S/c1-15(2,3)14-11-13(25-21-14)12(22)7-9-16(4,5)26(23,24)10-6-8-17(18,19)20;1-7(2,6(12)13)16(14,15)5-3-4-8(9,10)11;1-7(2,6-12)15(13,14)5-3-4-8(9,10)11;1-7(2,6(12)13)16(14,15)5-3-4-8(9,10)11/h11H,6-10H2,1-5H3;3-5H2,1-2H3,(H2,12,13);3-6,12H2,1-2H3;3-5H2,1-2H3,(H,12,13). The van der Waals surface area contributed by atoms with Gasteiger partial charge in [0.1, 0.15) is 4.75 Å². The van der Waals surface area contributed by atoms with Gasteiger partial charge in [-0.2, -0.15) is 52.7 Å². The van der Waals surface area contributed by atoms with Gasteiger partial charge in [0.25, 0.3) is 0 Å². The van der Waals surface area contributed by atoms with Gasteiger partial charge in [-0.05, 0) is 87.5 Å². The van der Waals surface area contributed by atoms with Gasteiger partial charge < -0.3 is 21.1 Å². The summed E-state index contributed by atoms with van der Waals surface area (Å²) in [5.74, 6) is -5.50. The first kappa shape index (κ1) is 74.0. The fourth-order valence-electron chi connectivity index (χ4n) is 4.78. The molecular formula is C41H69F12N3O13S4. The van der Waals surface area contributed by atoms with Crippen LogP contribution in [0.15, 0.2) is 10.6 Å². The quantitative estimate of drug-likeness (QED) is 0.0683. The number of ketones is 1. The summed E-state index contributed by atoms with van der Waals surface area (Å²) in [5.41, 5.74) is 10.4. The number of carbonyl (C=O) groups is 3. The number of sulfone groups is 4. The SMILES string of the molecule is CC(C)(C(=O)O)S(=O)(=O)CCCC(F)(F)F.CC(C)(C(N)=O)S(=O)(=O)CCCC(F)(F)F.CC(C)(C)c1cc(C(=O)CCC(C)(C)S(=O)(=O)CCCC(F)(F)F)on1.CC(C)(CN)S(=O)(=O)CCCC(F)(F)F. The van der Waals surface area contributed by atoms with Gasteiger partial charge in [-0.1, -0.05) is 25.9 Å². The smallest absolute Gasteiger partial charge is 0.389 e. The molecule has 32 heteroatoms. The number of hydrogen-bond donors (Lipinski definition) is 3. The molecule has 1 amide bonds. The fourth-order valence-corrected chi connectivity index (χ4v) is 10.2. The number of hydrogen-bond acceptors (Lipinski definition) is 14. The summed E-state index contributed by atoms with van der Waals surface area (Å²) in [6, 6.07) is 1.53. The molecule has 0 radical (unpaired) electrons. The fraction of sp³-hybridized carbons (Fsp3) is 0.854. The minimum absolute atomic E-state index is 0.00820. The Morgan fingerprint density at radius 2 is 0.822 bits per heavy atom. The average Bonchev–Trinajstić information content (AvgIpc) is 3.67. The zero-order valence-corrected chi connectivity index (χ0v) is 45.6. The average molecular weight is 1170 g/mol. The lowest BCUT2D eigenvalue weighted by Crippen LogP contribution is -2.46. The largest absolute Gasteiger partial charge is 0.480 e. The van der Waals surface area contributed by atoms with Crippen molar-refractivity contribution in [3.8, 4) is 0 Å². The number of aliphatic carboxylic acids is 1. The highest BCUT2D eigenvalue weighted by Gasteiger charge is 2.43. The Morgan fingerprint density at radius 1 is 0.521 bits per heavy atom. The number of alkyl halides is 12. The Morgan fingerprint density at radius 3 is 1.08 bits per heavy atom. The molecule has 0 fully saturated rings. The lowest BCUT2D eigenvalue weighted by molar-refractivity contribution is -0.139. The number of halogens is 12. The van der Waals surface area contributed by atoms with E-state index in [4.69, 9.17) is 21.1 Å². The van der Waals surface area contributed by atoms with Crippen molar-refractivity contribution in [3.63, 3.8) is 0 Å². The zero-order chi connectivity index (χ0) is 59.1. The Balaban J connectivity index is -0.000000925. The third-order valence-corrected chi connectivity index (χ3v) is 21.4. The number of aromatic nitrogens is 1. The Labute approximate surface area is 419 Å². The molecule has 5 N–H and O–H groups in total. The van der Waals surface area contributed by atoms with E-state index in [9.17, 15) is 101 Å². The maximum absolute atomic E-state index is 12.3. The molecule has 1 aromatic heterocycles. The molecule has 0 spiro atoms. The first-order chi connectivity index (χ1) is 31.9. The summed E-state index contributed by atoms with van der Waals surface area (Å²) in [6.45, 7) is 15.4. The number of primary amides is 1. The van der Waals surface area contributed by atoms with E-state index in [-0.39, 0.29) is 36.3 Å². The van der Waals surface area contributed by atoms with Crippen LogP contribution in [0.3, 0.4) is 0 Å². The van der Waals surface area contributed by atoms with Crippen LogP contribution >= 0.6 is 0 Å². The third kappa shape index (κ3) is 27.9. The Kier molecular flexibility index (Phi) is 27.5. The van der Waals surface area contributed by atoms with Crippen LogP contribution in [-0.2, 0) is 54.4 Å². The maximum atomic E-state index is 12.3. The van der Waals surface area contributed by atoms with E-state index >= 15 is 0 Å². The van der Waals surface area contributed by atoms with Gasteiger partial charge in [0.15, 0.2) is 44.1 Å². The van der Waals surface area contributed by atoms with E-state index in [2.05, 4.69) is 5.16 Å².